The van der Waals surface area contributed by atoms with Crippen LogP contribution in [0.25, 0.3) is 5.52 Å². The summed E-state index contributed by atoms with van der Waals surface area (Å²) in [5.74, 6) is 0.877. The van der Waals surface area contributed by atoms with Crippen LogP contribution < -0.4 is 20.9 Å². The molecule has 11 nitrogen and oxygen atoms in total. The van der Waals surface area contributed by atoms with E-state index in [9.17, 15) is 9.59 Å². The summed E-state index contributed by atoms with van der Waals surface area (Å²) in [4.78, 5) is 37.5. The Labute approximate surface area is 255 Å². The Balaban J connectivity index is 1.21. The maximum absolute atomic E-state index is 13.3. The lowest BCUT2D eigenvalue weighted by atomic mass is 10.1. The first-order chi connectivity index (χ1) is 21.4. The number of pyridine rings is 1. The average Bonchev–Trinajstić information content (AvgIpc) is 3.40. The van der Waals surface area contributed by atoms with Crippen molar-refractivity contribution in [2.45, 2.75) is 26.8 Å². The summed E-state index contributed by atoms with van der Waals surface area (Å²) in [5.41, 5.74) is 5.84. The molecular weight excluding hydrogens is 556 g/mol. The van der Waals surface area contributed by atoms with E-state index in [1.54, 1.807) is 29.0 Å². The third kappa shape index (κ3) is 6.09. The van der Waals surface area contributed by atoms with Crippen LogP contribution in [0.1, 0.15) is 50.4 Å². The number of benzene rings is 2. The highest BCUT2D eigenvalue weighted by Gasteiger charge is 2.20. The number of nitrogens with one attached hydrogen (secondary N) is 3. The molecule has 0 saturated carbocycles. The second kappa shape index (κ2) is 12.5. The summed E-state index contributed by atoms with van der Waals surface area (Å²) < 4.78 is 7.09. The van der Waals surface area contributed by atoms with Crippen molar-refractivity contribution in [3.63, 3.8) is 0 Å². The van der Waals surface area contributed by atoms with Gasteiger partial charge in [0, 0.05) is 42.4 Å². The van der Waals surface area contributed by atoms with Gasteiger partial charge in [0.25, 0.3) is 11.8 Å². The number of aryl methyl sites for hydroxylation is 2. The molecular formula is C33H34N8O3. The number of fused-ring (bicyclic) bond motifs is 1. The maximum atomic E-state index is 13.3. The van der Waals surface area contributed by atoms with Gasteiger partial charge in [-0.1, -0.05) is 36.4 Å². The number of nitrogens with zero attached hydrogens (tertiary/aromatic N) is 5. The van der Waals surface area contributed by atoms with E-state index < -0.39 is 0 Å². The Kier molecular flexibility index (Phi) is 8.20. The van der Waals surface area contributed by atoms with Gasteiger partial charge in [0.15, 0.2) is 5.82 Å². The standard InChI is InChI=1S/C33H34N8O3/c1-21-9-10-26(38-32(42)25-11-12-34-29(17-25)40-13-15-44-16-14-40)18-28(21)39-31-30-22(2)27(19-41(30)36-20-35-31)33(43)37-23(3)24-7-5-4-6-8-24/h4-12,17-20,23H,13-16H2,1-3H3,(H,37,43)(H,38,42)(H,35,36,39)/t23-/m1/s1. The van der Waals surface area contributed by atoms with Crippen molar-refractivity contribution < 1.29 is 14.3 Å². The lowest BCUT2D eigenvalue weighted by Gasteiger charge is -2.27. The van der Waals surface area contributed by atoms with E-state index in [0.29, 0.717) is 41.4 Å². The number of rotatable bonds is 8. The minimum absolute atomic E-state index is 0.159. The van der Waals surface area contributed by atoms with Gasteiger partial charge in [0.2, 0.25) is 0 Å². The molecule has 11 heteroatoms. The smallest absolute Gasteiger partial charge is 0.255 e. The van der Waals surface area contributed by atoms with Crippen molar-refractivity contribution in [1.29, 1.82) is 0 Å². The minimum Gasteiger partial charge on any atom is -0.378 e. The zero-order chi connectivity index (χ0) is 30.6. The van der Waals surface area contributed by atoms with Crippen molar-refractivity contribution >= 4 is 40.3 Å². The summed E-state index contributed by atoms with van der Waals surface area (Å²) in [5, 5.41) is 13.8. The van der Waals surface area contributed by atoms with Crippen LogP contribution in [0.5, 0.6) is 0 Å². The van der Waals surface area contributed by atoms with E-state index in [1.807, 2.05) is 69.3 Å². The minimum atomic E-state index is -0.232. The molecule has 3 aromatic heterocycles. The molecule has 44 heavy (non-hydrogen) atoms. The number of anilines is 4. The van der Waals surface area contributed by atoms with Crippen LogP contribution in [0.2, 0.25) is 0 Å². The summed E-state index contributed by atoms with van der Waals surface area (Å²) in [6.07, 6.45) is 4.81. The number of carbonyl (C=O) groups is 2. The molecule has 224 valence electrons. The van der Waals surface area contributed by atoms with Crippen molar-refractivity contribution in [3.8, 4) is 0 Å². The van der Waals surface area contributed by atoms with Gasteiger partial charge in [-0.05, 0) is 61.7 Å². The molecule has 0 bridgehead atoms. The second-order valence-corrected chi connectivity index (χ2v) is 10.8. The molecule has 0 spiro atoms. The number of morpholine rings is 1. The fraction of sp³-hybridized carbons (Fsp3) is 0.242. The van der Waals surface area contributed by atoms with Crippen LogP contribution in [0.15, 0.2) is 79.4 Å². The molecule has 0 radical (unpaired) electrons. The Hall–Kier alpha value is -5.29. The van der Waals surface area contributed by atoms with E-state index in [-0.39, 0.29) is 17.9 Å². The highest BCUT2D eigenvalue weighted by molar-refractivity contribution is 6.05. The third-order valence-corrected chi connectivity index (χ3v) is 7.81. The van der Waals surface area contributed by atoms with Gasteiger partial charge >= 0.3 is 0 Å². The molecule has 0 aliphatic carbocycles. The number of aromatic nitrogens is 4. The predicted octanol–water partition coefficient (Wildman–Crippen LogP) is 5.06. The molecule has 1 aliphatic heterocycles. The highest BCUT2D eigenvalue weighted by Crippen LogP contribution is 2.29. The van der Waals surface area contributed by atoms with E-state index >= 15 is 0 Å². The molecule has 5 aromatic rings. The van der Waals surface area contributed by atoms with Crippen LogP contribution >= 0.6 is 0 Å². The first kappa shape index (κ1) is 28.8. The van der Waals surface area contributed by atoms with Gasteiger partial charge in [-0.3, -0.25) is 9.59 Å². The number of hydrogen-bond donors (Lipinski definition) is 3. The van der Waals surface area contributed by atoms with Gasteiger partial charge in [-0.15, -0.1) is 0 Å². The zero-order valence-electron chi connectivity index (χ0n) is 24.9. The summed E-state index contributed by atoms with van der Waals surface area (Å²) in [6.45, 7) is 8.57. The number of ether oxygens (including phenoxy) is 1. The molecule has 2 amide bonds. The van der Waals surface area contributed by atoms with Crippen LogP contribution in [0.3, 0.4) is 0 Å². The highest BCUT2D eigenvalue weighted by atomic mass is 16.5. The Morgan fingerprint density at radius 1 is 0.955 bits per heavy atom. The van der Waals surface area contributed by atoms with Gasteiger partial charge in [-0.2, -0.15) is 5.10 Å². The molecule has 1 atom stereocenters. The lowest BCUT2D eigenvalue weighted by Crippen LogP contribution is -2.36. The SMILES string of the molecule is Cc1ccc(NC(=O)c2ccnc(N3CCOCC3)c2)cc1Nc1ncnn2cc(C(=O)N[C@H](C)c3ccccc3)c(C)c12. The molecule has 1 saturated heterocycles. The molecule has 1 aliphatic rings. The normalized spacial score (nSPS) is 13.8. The topological polar surface area (TPSA) is 126 Å². The first-order valence-electron chi connectivity index (χ1n) is 14.5. The maximum Gasteiger partial charge on any atom is 0.255 e. The van der Waals surface area contributed by atoms with Crippen molar-refractivity contribution in [1.82, 2.24) is 24.9 Å². The quantitative estimate of drug-likeness (QED) is 0.229. The summed E-state index contributed by atoms with van der Waals surface area (Å²) in [7, 11) is 0. The Bertz CT molecular complexity index is 1820. The fourth-order valence-electron chi connectivity index (χ4n) is 5.27. The van der Waals surface area contributed by atoms with Gasteiger partial charge in [0.05, 0.1) is 24.8 Å². The van der Waals surface area contributed by atoms with Crippen molar-refractivity contribution in [2.24, 2.45) is 0 Å². The Morgan fingerprint density at radius 2 is 1.75 bits per heavy atom. The molecule has 1 fully saturated rings. The molecule has 6 rings (SSSR count). The summed E-state index contributed by atoms with van der Waals surface area (Å²) >= 11 is 0. The average molecular weight is 591 g/mol. The predicted molar refractivity (Wildman–Crippen MR) is 170 cm³/mol. The van der Waals surface area contributed by atoms with E-state index in [0.717, 1.165) is 41.3 Å². The second-order valence-electron chi connectivity index (χ2n) is 10.8. The van der Waals surface area contributed by atoms with E-state index in [1.165, 1.54) is 6.33 Å². The van der Waals surface area contributed by atoms with Crippen LogP contribution in [0.4, 0.5) is 23.0 Å². The first-order valence-corrected chi connectivity index (χ1v) is 14.5. The van der Waals surface area contributed by atoms with Gasteiger partial charge in [0.1, 0.15) is 17.7 Å². The van der Waals surface area contributed by atoms with Crippen molar-refractivity contribution in [2.75, 3.05) is 41.8 Å². The number of hydrogen-bond acceptors (Lipinski definition) is 8. The van der Waals surface area contributed by atoms with Crippen molar-refractivity contribution in [3.05, 3.63) is 107 Å². The third-order valence-electron chi connectivity index (χ3n) is 7.81. The van der Waals surface area contributed by atoms with Crippen LogP contribution in [0, 0.1) is 13.8 Å². The van der Waals surface area contributed by atoms with E-state index in [2.05, 4.69) is 35.9 Å². The number of amides is 2. The fourth-order valence-corrected chi connectivity index (χ4v) is 5.27. The molecule has 0 unspecified atom stereocenters. The largest absolute Gasteiger partial charge is 0.378 e. The lowest BCUT2D eigenvalue weighted by molar-refractivity contribution is 0.0938. The van der Waals surface area contributed by atoms with Crippen LogP contribution in [-0.2, 0) is 4.74 Å². The molecule has 2 aromatic carbocycles. The molecule has 3 N–H and O–H groups in total. The Morgan fingerprint density at radius 3 is 2.55 bits per heavy atom. The number of carbonyl (C=O) groups excluding carboxylic acids is 2. The van der Waals surface area contributed by atoms with E-state index in [4.69, 9.17) is 4.74 Å². The van der Waals surface area contributed by atoms with Gasteiger partial charge in [-0.25, -0.2) is 14.5 Å². The molecule has 4 heterocycles. The summed E-state index contributed by atoms with van der Waals surface area (Å²) in [6, 6.07) is 18.8. The van der Waals surface area contributed by atoms with Crippen LogP contribution in [-0.4, -0.2) is 57.7 Å². The monoisotopic (exact) mass is 590 g/mol. The van der Waals surface area contributed by atoms with Gasteiger partial charge < -0.3 is 25.6 Å². The zero-order valence-corrected chi connectivity index (χ0v) is 24.9.